The Hall–Kier alpha value is -1.60. The van der Waals surface area contributed by atoms with Gasteiger partial charge in [-0.05, 0) is 58.7 Å². The molecule has 0 spiro atoms. The predicted molar refractivity (Wildman–Crippen MR) is 80.5 cm³/mol. The molecule has 4 nitrogen and oxygen atoms in total. The third kappa shape index (κ3) is 3.10. The van der Waals surface area contributed by atoms with Gasteiger partial charge in [0.1, 0.15) is 5.82 Å². The monoisotopic (exact) mass is 358 g/mol. The van der Waals surface area contributed by atoms with Gasteiger partial charge in [-0.1, -0.05) is 6.07 Å². The van der Waals surface area contributed by atoms with Crippen LogP contribution in [0.1, 0.15) is 5.56 Å². The van der Waals surface area contributed by atoms with Crippen molar-refractivity contribution in [3.05, 3.63) is 52.3 Å². The number of halogens is 2. The average molecular weight is 359 g/mol. The molecular formula is C13H12BrFN2O2S. The lowest BCUT2D eigenvalue weighted by atomic mass is 10.2. The number of nitrogens with two attached hydrogens (primary N) is 1. The molecule has 2 rings (SSSR count). The topological polar surface area (TPSA) is 72.2 Å². The second-order valence-electron chi connectivity index (χ2n) is 4.26. The van der Waals surface area contributed by atoms with Gasteiger partial charge in [0.25, 0.3) is 10.0 Å². The molecule has 106 valence electrons. The number of nitrogens with one attached hydrogen (secondary N) is 1. The Kier molecular flexibility index (Phi) is 4.01. The van der Waals surface area contributed by atoms with Crippen molar-refractivity contribution in [2.45, 2.75) is 11.8 Å². The molecule has 0 bridgehead atoms. The van der Waals surface area contributed by atoms with E-state index in [1.165, 1.54) is 24.3 Å². The molecule has 0 aromatic heterocycles. The van der Waals surface area contributed by atoms with Crippen LogP contribution in [0, 0.1) is 12.7 Å². The lowest BCUT2D eigenvalue weighted by Crippen LogP contribution is -2.14. The summed E-state index contributed by atoms with van der Waals surface area (Å²) in [5, 5.41) is 0. The van der Waals surface area contributed by atoms with Gasteiger partial charge in [-0.25, -0.2) is 12.8 Å². The van der Waals surface area contributed by atoms with E-state index in [0.717, 1.165) is 6.07 Å². The lowest BCUT2D eigenvalue weighted by molar-refractivity contribution is 0.600. The standard InChI is InChI=1S/C13H12BrFN2O2S/c1-8-5-11(14)12(16)7-13(8)20(18,19)17-10-4-2-3-9(15)6-10/h2-7,17H,16H2,1H3. The van der Waals surface area contributed by atoms with E-state index in [-0.39, 0.29) is 10.6 Å². The molecule has 0 amide bonds. The van der Waals surface area contributed by atoms with Crippen molar-refractivity contribution in [1.29, 1.82) is 0 Å². The first-order chi connectivity index (χ1) is 9.29. The molecule has 7 heteroatoms. The largest absolute Gasteiger partial charge is 0.398 e. The van der Waals surface area contributed by atoms with E-state index in [4.69, 9.17) is 5.73 Å². The Bertz CT molecular complexity index is 763. The van der Waals surface area contributed by atoms with E-state index in [1.807, 2.05) is 0 Å². The first kappa shape index (κ1) is 14.8. The fourth-order valence-corrected chi connectivity index (χ4v) is 3.49. The molecule has 2 aromatic carbocycles. The van der Waals surface area contributed by atoms with Gasteiger partial charge >= 0.3 is 0 Å². The zero-order chi connectivity index (χ0) is 14.9. The van der Waals surface area contributed by atoms with Gasteiger partial charge < -0.3 is 5.73 Å². The Balaban J connectivity index is 2.43. The van der Waals surface area contributed by atoms with Crippen LogP contribution in [-0.4, -0.2) is 8.42 Å². The van der Waals surface area contributed by atoms with E-state index in [9.17, 15) is 12.8 Å². The fraction of sp³-hybridized carbons (Fsp3) is 0.0769. The third-order valence-electron chi connectivity index (χ3n) is 2.66. The molecule has 0 unspecified atom stereocenters. The van der Waals surface area contributed by atoms with Gasteiger partial charge in [-0.2, -0.15) is 0 Å². The molecule has 0 radical (unpaired) electrons. The zero-order valence-electron chi connectivity index (χ0n) is 10.5. The maximum absolute atomic E-state index is 13.1. The Labute approximate surface area is 125 Å². The minimum Gasteiger partial charge on any atom is -0.398 e. The molecule has 0 aliphatic heterocycles. The molecule has 20 heavy (non-hydrogen) atoms. The first-order valence-corrected chi connectivity index (χ1v) is 7.91. The summed E-state index contributed by atoms with van der Waals surface area (Å²) < 4.78 is 40.6. The minimum atomic E-state index is -3.82. The van der Waals surface area contributed by atoms with Crippen LogP contribution >= 0.6 is 15.9 Å². The summed E-state index contributed by atoms with van der Waals surface area (Å²) in [6.07, 6.45) is 0. The Morgan fingerprint density at radius 3 is 2.60 bits per heavy atom. The summed E-state index contributed by atoms with van der Waals surface area (Å²) >= 11 is 3.23. The second-order valence-corrected chi connectivity index (χ2v) is 6.76. The Morgan fingerprint density at radius 2 is 1.95 bits per heavy atom. The summed E-state index contributed by atoms with van der Waals surface area (Å²) in [4.78, 5) is 0.0578. The van der Waals surface area contributed by atoms with Gasteiger partial charge in [-0.3, -0.25) is 4.72 Å². The number of nitrogen functional groups attached to an aromatic ring is 1. The van der Waals surface area contributed by atoms with Crippen LogP contribution < -0.4 is 10.5 Å². The van der Waals surface area contributed by atoms with E-state index in [0.29, 0.717) is 15.7 Å². The predicted octanol–water partition coefficient (Wildman–Crippen LogP) is 3.28. The maximum atomic E-state index is 13.1. The first-order valence-electron chi connectivity index (χ1n) is 5.63. The number of rotatable bonds is 3. The molecule has 0 aliphatic rings. The van der Waals surface area contributed by atoms with E-state index < -0.39 is 15.8 Å². The van der Waals surface area contributed by atoms with Crippen LogP contribution in [0.5, 0.6) is 0 Å². The van der Waals surface area contributed by atoms with Crippen molar-refractivity contribution in [2.24, 2.45) is 0 Å². The van der Waals surface area contributed by atoms with Crippen LogP contribution in [0.25, 0.3) is 0 Å². The molecule has 0 saturated carbocycles. The molecule has 2 aromatic rings. The summed E-state index contributed by atoms with van der Waals surface area (Å²) in [5.74, 6) is -0.516. The number of aryl methyl sites for hydroxylation is 1. The minimum absolute atomic E-state index is 0.0578. The molecule has 0 heterocycles. The number of hydrogen-bond donors (Lipinski definition) is 2. The van der Waals surface area contributed by atoms with Crippen molar-refractivity contribution in [1.82, 2.24) is 0 Å². The quantitative estimate of drug-likeness (QED) is 0.827. The third-order valence-corrected chi connectivity index (χ3v) is 4.87. The highest BCUT2D eigenvalue weighted by Gasteiger charge is 2.18. The van der Waals surface area contributed by atoms with Crippen molar-refractivity contribution in [2.75, 3.05) is 10.5 Å². The van der Waals surface area contributed by atoms with E-state index in [1.54, 1.807) is 13.0 Å². The maximum Gasteiger partial charge on any atom is 0.262 e. The smallest absolute Gasteiger partial charge is 0.262 e. The molecule has 0 fully saturated rings. The molecule has 3 N–H and O–H groups in total. The van der Waals surface area contributed by atoms with Crippen LogP contribution in [-0.2, 0) is 10.0 Å². The van der Waals surface area contributed by atoms with Gasteiger partial charge in [0.05, 0.1) is 10.6 Å². The summed E-state index contributed by atoms with van der Waals surface area (Å²) in [6.45, 7) is 1.66. The Morgan fingerprint density at radius 1 is 1.25 bits per heavy atom. The van der Waals surface area contributed by atoms with E-state index in [2.05, 4.69) is 20.7 Å². The summed E-state index contributed by atoms with van der Waals surface area (Å²) in [6, 6.07) is 8.22. The van der Waals surface area contributed by atoms with Gasteiger partial charge in [-0.15, -0.1) is 0 Å². The van der Waals surface area contributed by atoms with Crippen molar-refractivity contribution < 1.29 is 12.8 Å². The van der Waals surface area contributed by atoms with E-state index >= 15 is 0 Å². The van der Waals surface area contributed by atoms with Crippen LogP contribution in [0.4, 0.5) is 15.8 Å². The van der Waals surface area contributed by atoms with Gasteiger partial charge in [0, 0.05) is 10.2 Å². The molecule has 0 aliphatic carbocycles. The summed E-state index contributed by atoms with van der Waals surface area (Å²) in [5.41, 5.74) is 6.71. The van der Waals surface area contributed by atoms with Crippen LogP contribution in [0.2, 0.25) is 0 Å². The van der Waals surface area contributed by atoms with Crippen molar-refractivity contribution in [3.8, 4) is 0 Å². The van der Waals surface area contributed by atoms with Crippen LogP contribution in [0.15, 0.2) is 45.8 Å². The zero-order valence-corrected chi connectivity index (χ0v) is 12.9. The van der Waals surface area contributed by atoms with Crippen molar-refractivity contribution in [3.63, 3.8) is 0 Å². The number of sulfonamides is 1. The van der Waals surface area contributed by atoms with Crippen molar-refractivity contribution >= 4 is 37.3 Å². The highest BCUT2D eigenvalue weighted by molar-refractivity contribution is 9.10. The highest BCUT2D eigenvalue weighted by Crippen LogP contribution is 2.27. The normalized spacial score (nSPS) is 11.3. The number of benzene rings is 2. The second kappa shape index (κ2) is 5.41. The van der Waals surface area contributed by atoms with Gasteiger partial charge in [0.2, 0.25) is 0 Å². The summed E-state index contributed by atoms with van der Waals surface area (Å²) in [7, 11) is -3.82. The average Bonchev–Trinajstić information content (AvgIpc) is 2.33. The lowest BCUT2D eigenvalue weighted by Gasteiger charge is -2.12. The molecule has 0 saturated heterocycles. The fourth-order valence-electron chi connectivity index (χ4n) is 1.72. The molecular weight excluding hydrogens is 347 g/mol. The number of anilines is 2. The highest BCUT2D eigenvalue weighted by atomic mass is 79.9. The van der Waals surface area contributed by atoms with Gasteiger partial charge in [0.15, 0.2) is 0 Å². The molecule has 0 atom stereocenters. The number of hydrogen-bond acceptors (Lipinski definition) is 3. The van der Waals surface area contributed by atoms with Crippen LogP contribution in [0.3, 0.4) is 0 Å². The SMILES string of the molecule is Cc1cc(Br)c(N)cc1S(=O)(=O)Nc1cccc(F)c1.